The van der Waals surface area contributed by atoms with Crippen molar-refractivity contribution in [3.63, 3.8) is 0 Å². The molecule has 0 aromatic rings. The standard InChI is InChI=1S/C13H22O/c1-10-3-5-12(7-10)9-14-13-6-4-11(2)8-13/h6,10-12H,3-5,7-9H2,1-2H3. The molecule has 0 radical (unpaired) electrons. The molecule has 0 heterocycles. The fourth-order valence-electron chi connectivity index (χ4n) is 2.66. The van der Waals surface area contributed by atoms with Crippen LogP contribution in [0.15, 0.2) is 11.8 Å². The van der Waals surface area contributed by atoms with E-state index >= 15 is 0 Å². The molecule has 0 N–H and O–H groups in total. The van der Waals surface area contributed by atoms with Crippen molar-refractivity contribution >= 4 is 0 Å². The molecular formula is C13H22O. The first-order valence-corrected chi connectivity index (χ1v) is 6.06. The molecule has 2 rings (SSSR count). The van der Waals surface area contributed by atoms with Crippen LogP contribution in [0.25, 0.3) is 0 Å². The van der Waals surface area contributed by atoms with Crippen LogP contribution < -0.4 is 0 Å². The summed E-state index contributed by atoms with van der Waals surface area (Å²) >= 11 is 0. The molecule has 1 nitrogen and oxygen atoms in total. The second kappa shape index (κ2) is 4.37. The normalized spacial score (nSPS) is 37.3. The number of rotatable bonds is 3. The maximum Gasteiger partial charge on any atom is 0.0923 e. The van der Waals surface area contributed by atoms with E-state index in [1.54, 1.807) is 0 Å². The summed E-state index contributed by atoms with van der Waals surface area (Å²) in [4.78, 5) is 0. The zero-order chi connectivity index (χ0) is 9.97. The molecule has 0 bridgehead atoms. The summed E-state index contributed by atoms with van der Waals surface area (Å²) in [6.45, 7) is 5.63. The van der Waals surface area contributed by atoms with Crippen LogP contribution in [0.2, 0.25) is 0 Å². The lowest BCUT2D eigenvalue weighted by Gasteiger charge is -2.12. The first-order valence-electron chi connectivity index (χ1n) is 6.06. The Morgan fingerprint density at radius 2 is 2.14 bits per heavy atom. The van der Waals surface area contributed by atoms with Crippen LogP contribution in [0, 0.1) is 17.8 Å². The van der Waals surface area contributed by atoms with Crippen LogP contribution in [0.4, 0.5) is 0 Å². The third kappa shape index (κ3) is 2.52. The number of allylic oxidation sites excluding steroid dienone is 2. The SMILES string of the molecule is CC1CC=C(OCC2CCC(C)C2)C1. The van der Waals surface area contributed by atoms with E-state index < -0.39 is 0 Å². The van der Waals surface area contributed by atoms with Crippen LogP contribution in [-0.2, 0) is 4.74 Å². The van der Waals surface area contributed by atoms with Crippen molar-refractivity contribution < 1.29 is 4.74 Å². The Kier molecular flexibility index (Phi) is 3.15. The fraction of sp³-hybridized carbons (Fsp3) is 0.846. The summed E-state index contributed by atoms with van der Waals surface area (Å²) in [5, 5.41) is 0. The molecule has 80 valence electrons. The van der Waals surface area contributed by atoms with Gasteiger partial charge in [-0.15, -0.1) is 0 Å². The van der Waals surface area contributed by atoms with Crippen LogP contribution >= 0.6 is 0 Å². The number of ether oxygens (including phenoxy) is 1. The van der Waals surface area contributed by atoms with Crippen LogP contribution in [0.5, 0.6) is 0 Å². The highest BCUT2D eigenvalue weighted by Crippen LogP contribution is 2.32. The lowest BCUT2D eigenvalue weighted by molar-refractivity contribution is 0.158. The first kappa shape index (κ1) is 10.1. The van der Waals surface area contributed by atoms with Gasteiger partial charge in [0.05, 0.1) is 12.4 Å². The molecule has 1 heteroatoms. The highest BCUT2D eigenvalue weighted by Gasteiger charge is 2.22. The van der Waals surface area contributed by atoms with E-state index in [0.717, 1.165) is 24.4 Å². The van der Waals surface area contributed by atoms with Gasteiger partial charge in [-0.05, 0) is 43.1 Å². The average molecular weight is 194 g/mol. The van der Waals surface area contributed by atoms with Crippen LogP contribution in [-0.4, -0.2) is 6.61 Å². The highest BCUT2D eigenvalue weighted by molar-refractivity contribution is 5.02. The Balaban J connectivity index is 1.68. The molecule has 1 fully saturated rings. The average Bonchev–Trinajstić information content (AvgIpc) is 2.72. The van der Waals surface area contributed by atoms with E-state index in [1.807, 2.05) is 0 Å². The largest absolute Gasteiger partial charge is 0.498 e. The first-order chi connectivity index (χ1) is 6.74. The Morgan fingerprint density at radius 1 is 1.29 bits per heavy atom. The smallest absolute Gasteiger partial charge is 0.0923 e. The predicted molar refractivity (Wildman–Crippen MR) is 58.9 cm³/mol. The van der Waals surface area contributed by atoms with Crippen molar-refractivity contribution in [1.29, 1.82) is 0 Å². The Hall–Kier alpha value is -0.460. The van der Waals surface area contributed by atoms with Gasteiger partial charge in [-0.3, -0.25) is 0 Å². The molecule has 3 atom stereocenters. The molecule has 2 aliphatic carbocycles. The van der Waals surface area contributed by atoms with E-state index in [-0.39, 0.29) is 0 Å². The van der Waals surface area contributed by atoms with E-state index in [4.69, 9.17) is 4.74 Å². The lowest BCUT2D eigenvalue weighted by Crippen LogP contribution is -2.05. The van der Waals surface area contributed by atoms with E-state index in [1.165, 1.54) is 37.9 Å². The van der Waals surface area contributed by atoms with Gasteiger partial charge in [0.25, 0.3) is 0 Å². The van der Waals surface area contributed by atoms with Gasteiger partial charge in [0.2, 0.25) is 0 Å². The van der Waals surface area contributed by atoms with Crippen molar-refractivity contribution in [2.75, 3.05) is 6.61 Å². The molecule has 0 saturated heterocycles. The van der Waals surface area contributed by atoms with Crippen molar-refractivity contribution in [2.24, 2.45) is 17.8 Å². The van der Waals surface area contributed by atoms with Crippen molar-refractivity contribution in [2.45, 2.75) is 46.0 Å². The monoisotopic (exact) mass is 194 g/mol. The maximum absolute atomic E-state index is 5.87. The minimum atomic E-state index is 0.813. The lowest BCUT2D eigenvalue weighted by atomic mass is 10.1. The maximum atomic E-state index is 5.87. The van der Waals surface area contributed by atoms with Gasteiger partial charge in [-0.1, -0.05) is 20.3 Å². The van der Waals surface area contributed by atoms with Gasteiger partial charge >= 0.3 is 0 Å². The van der Waals surface area contributed by atoms with Crippen LogP contribution in [0.3, 0.4) is 0 Å². The summed E-state index contributed by atoms with van der Waals surface area (Å²) in [6.07, 6.45) is 8.83. The second-order valence-corrected chi connectivity index (χ2v) is 5.31. The van der Waals surface area contributed by atoms with Gasteiger partial charge in [0.15, 0.2) is 0 Å². The predicted octanol–water partition coefficient (Wildman–Crippen LogP) is 3.75. The molecule has 0 spiro atoms. The van der Waals surface area contributed by atoms with Gasteiger partial charge in [-0.2, -0.15) is 0 Å². The summed E-state index contributed by atoms with van der Waals surface area (Å²) in [7, 11) is 0. The molecule has 2 aliphatic rings. The third-order valence-corrected chi connectivity index (χ3v) is 3.61. The summed E-state index contributed by atoms with van der Waals surface area (Å²) < 4.78 is 5.87. The second-order valence-electron chi connectivity index (χ2n) is 5.31. The molecule has 14 heavy (non-hydrogen) atoms. The van der Waals surface area contributed by atoms with Crippen molar-refractivity contribution in [3.8, 4) is 0 Å². The van der Waals surface area contributed by atoms with Gasteiger partial charge in [0, 0.05) is 6.42 Å². The van der Waals surface area contributed by atoms with E-state index in [2.05, 4.69) is 19.9 Å². The summed E-state index contributed by atoms with van der Waals surface area (Å²) in [5.74, 6) is 3.84. The molecule has 0 aromatic carbocycles. The quantitative estimate of drug-likeness (QED) is 0.665. The van der Waals surface area contributed by atoms with E-state index in [9.17, 15) is 0 Å². The Morgan fingerprint density at radius 3 is 2.71 bits per heavy atom. The van der Waals surface area contributed by atoms with Crippen molar-refractivity contribution in [1.82, 2.24) is 0 Å². The number of hydrogen-bond acceptors (Lipinski definition) is 1. The van der Waals surface area contributed by atoms with Crippen molar-refractivity contribution in [3.05, 3.63) is 11.8 Å². The van der Waals surface area contributed by atoms with Gasteiger partial charge in [0.1, 0.15) is 0 Å². The number of hydrogen-bond donors (Lipinski definition) is 0. The minimum absolute atomic E-state index is 0.813. The third-order valence-electron chi connectivity index (χ3n) is 3.61. The summed E-state index contributed by atoms with van der Waals surface area (Å²) in [5.41, 5.74) is 0. The molecular weight excluding hydrogens is 172 g/mol. The Labute approximate surface area is 87.5 Å². The molecule has 0 amide bonds. The van der Waals surface area contributed by atoms with Gasteiger partial charge < -0.3 is 4.74 Å². The molecule has 3 unspecified atom stereocenters. The minimum Gasteiger partial charge on any atom is -0.498 e. The topological polar surface area (TPSA) is 9.23 Å². The summed E-state index contributed by atoms with van der Waals surface area (Å²) in [6, 6.07) is 0. The highest BCUT2D eigenvalue weighted by atomic mass is 16.5. The molecule has 0 aliphatic heterocycles. The Bertz CT molecular complexity index is 219. The molecule has 0 aromatic heterocycles. The fourth-order valence-corrected chi connectivity index (χ4v) is 2.66. The van der Waals surface area contributed by atoms with Gasteiger partial charge in [-0.25, -0.2) is 0 Å². The van der Waals surface area contributed by atoms with E-state index in [0.29, 0.717) is 0 Å². The zero-order valence-electron chi connectivity index (χ0n) is 9.46. The van der Waals surface area contributed by atoms with Crippen LogP contribution in [0.1, 0.15) is 46.0 Å². The molecule has 1 saturated carbocycles. The zero-order valence-corrected chi connectivity index (χ0v) is 9.46.